The summed E-state index contributed by atoms with van der Waals surface area (Å²) < 4.78 is 31.0. The summed E-state index contributed by atoms with van der Waals surface area (Å²) in [5.74, 6) is -1.12. The van der Waals surface area contributed by atoms with E-state index in [0.29, 0.717) is 47.6 Å². The third-order valence-corrected chi connectivity index (χ3v) is 14.2. The van der Waals surface area contributed by atoms with Crippen molar-refractivity contribution < 1.29 is 58.8 Å². The molecular weight excluding hydrogens is 715 g/mol. The van der Waals surface area contributed by atoms with Crippen molar-refractivity contribution in [2.45, 2.75) is 107 Å². The van der Waals surface area contributed by atoms with Crippen LogP contribution in [0.1, 0.15) is 64.9 Å². The van der Waals surface area contributed by atoms with Crippen LogP contribution in [0.5, 0.6) is 11.5 Å². The van der Waals surface area contributed by atoms with E-state index in [2.05, 4.69) is 19.2 Å². The molecule has 10 atom stereocenters. The number of ether oxygens (including phenoxy) is 4. The maximum atomic E-state index is 12.9. The van der Waals surface area contributed by atoms with Crippen LogP contribution in [0.4, 0.5) is 0 Å². The molecule has 7 N–H and O–H groups in total. The van der Waals surface area contributed by atoms with Gasteiger partial charge in [0, 0.05) is 54.3 Å². The first-order valence-corrected chi connectivity index (χ1v) is 21.1. The monoisotopic (exact) mass is 769 g/mol. The summed E-state index contributed by atoms with van der Waals surface area (Å²) in [4.78, 5) is 12.6. The predicted octanol–water partition coefficient (Wildman–Crippen LogP) is 2.79. The molecule has 0 amide bonds. The zero-order valence-electron chi connectivity index (χ0n) is 30.2. The van der Waals surface area contributed by atoms with Crippen molar-refractivity contribution in [1.29, 1.82) is 0 Å². The van der Waals surface area contributed by atoms with E-state index in [-0.39, 0.29) is 55.8 Å². The summed E-state index contributed by atoms with van der Waals surface area (Å²) in [6, 6.07) is 3.70. The molecule has 0 spiro atoms. The van der Waals surface area contributed by atoms with Crippen molar-refractivity contribution in [1.82, 2.24) is 5.32 Å². The van der Waals surface area contributed by atoms with Gasteiger partial charge in [0.1, 0.15) is 23.9 Å². The fourth-order valence-electron chi connectivity index (χ4n) is 8.85. The zero-order valence-corrected chi connectivity index (χ0v) is 31.8. The standard InChI is InChI=1S/C37H55NO12S2/c1-4-46-28(42)10-7-22-15-23-11-13-47-30(23)32-31(22)49-34-37(45)29-24(6-9-27(41)26(29)17-39)16-36(44,33(37)43)35(19-40,50-34)20-52-51-18-25(8-5-21(2)3)38-12-14-48-32/h11,13,15,21,24-27,29,33-34,38-41,43-45H,4-10,12,14,16-20H2,1-3H3. The number of aryl methyl sites for hydroxylation is 1. The van der Waals surface area contributed by atoms with Crippen LogP contribution in [-0.2, 0) is 20.7 Å². The van der Waals surface area contributed by atoms with Crippen LogP contribution in [0.3, 0.4) is 0 Å². The van der Waals surface area contributed by atoms with Gasteiger partial charge in [-0.2, -0.15) is 0 Å². The second-order valence-electron chi connectivity index (χ2n) is 15.3. The number of benzene rings is 1. The minimum absolute atomic E-state index is 0.00215. The Balaban J connectivity index is 1.50. The summed E-state index contributed by atoms with van der Waals surface area (Å²) in [5.41, 5.74) is -5.40. The number of hydrogen-bond donors (Lipinski definition) is 7. The lowest BCUT2D eigenvalue weighted by atomic mass is 9.49. The molecule has 13 nitrogen and oxygen atoms in total. The largest absolute Gasteiger partial charge is 0.485 e. The molecule has 1 saturated heterocycles. The van der Waals surface area contributed by atoms with Crippen LogP contribution in [0.2, 0.25) is 0 Å². The second-order valence-corrected chi connectivity index (χ2v) is 17.8. The van der Waals surface area contributed by atoms with Crippen LogP contribution in [0, 0.1) is 23.7 Å². The Bertz CT molecular complexity index is 1530. The minimum Gasteiger partial charge on any atom is -0.485 e. The van der Waals surface area contributed by atoms with E-state index in [1.807, 2.05) is 0 Å². The van der Waals surface area contributed by atoms with Crippen molar-refractivity contribution in [3.05, 3.63) is 24.0 Å². The van der Waals surface area contributed by atoms with Crippen molar-refractivity contribution in [2.24, 2.45) is 23.7 Å². The number of aliphatic hydroxyl groups excluding tert-OH is 4. The Morgan fingerprint density at radius 1 is 1.15 bits per heavy atom. The first-order chi connectivity index (χ1) is 24.9. The third kappa shape index (κ3) is 7.31. The Labute approximate surface area is 312 Å². The van der Waals surface area contributed by atoms with Crippen molar-refractivity contribution in [2.75, 3.05) is 44.5 Å². The Morgan fingerprint density at radius 2 is 1.96 bits per heavy atom. The van der Waals surface area contributed by atoms with Gasteiger partial charge in [-0.3, -0.25) is 4.79 Å². The molecule has 292 valence electrons. The number of esters is 1. The van der Waals surface area contributed by atoms with Crippen LogP contribution in [-0.4, -0.2) is 122 Å². The van der Waals surface area contributed by atoms with Gasteiger partial charge in [0.15, 0.2) is 16.9 Å². The second kappa shape index (κ2) is 16.5. The van der Waals surface area contributed by atoms with Gasteiger partial charge in [-0.15, -0.1) is 0 Å². The van der Waals surface area contributed by atoms with Gasteiger partial charge in [-0.25, -0.2) is 0 Å². The van der Waals surface area contributed by atoms with E-state index in [1.54, 1.807) is 29.9 Å². The quantitative estimate of drug-likeness (QED) is 0.145. The first kappa shape index (κ1) is 39.9. The fourth-order valence-corrected chi connectivity index (χ4v) is 11.7. The lowest BCUT2D eigenvalue weighted by Crippen LogP contribution is -2.85. The highest BCUT2D eigenvalue weighted by atomic mass is 33.1. The number of carbonyl (C=O) groups excluding carboxylic acids is 1. The minimum atomic E-state index is -2.37. The van der Waals surface area contributed by atoms with Gasteiger partial charge in [-0.05, 0) is 75.0 Å². The molecule has 15 heteroatoms. The van der Waals surface area contributed by atoms with E-state index in [9.17, 15) is 35.4 Å². The lowest BCUT2D eigenvalue weighted by molar-refractivity contribution is -0.421. The molecule has 2 aromatic rings. The highest BCUT2D eigenvalue weighted by molar-refractivity contribution is 8.76. The number of nitrogens with one attached hydrogen (secondary N) is 1. The molecule has 10 unspecified atom stereocenters. The molecule has 2 saturated carbocycles. The van der Waals surface area contributed by atoms with Gasteiger partial charge in [-0.1, -0.05) is 35.4 Å². The maximum absolute atomic E-state index is 12.9. The SMILES string of the molecule is CCOC(=O)CCc1cc2ccoc2c2c1OC1OC(CO)(CSSCC(CCC(C)C)NCCO2)C2(O)CC3CCC(O)C(CO)C3C1(O)C2O. The molecule has 2 aliphatic carbocycles. The molecule has 3 fully saturated rings. The first-order valence-electron chi connectivity index (χ1n) is 18.6. The van der Waals surface area contributed by atoms with Crippen LogP contribution >= 0.6 is 21.6 Å². The fraction of sp³-hybridized carbons (Fsp3) is 0.757. The highest BCUT2D eigenvalue weighted by Crippen LogP contribution is 2.61. The molecule has 1 aromatic carbocycles. The Hall–Kier alpha value is -1.79. The van der Waals surface area contributed by atoms with Crippen LogP contribution in [0.25, 0.3) is 11.0 Å². The Morgan fingerprint density at radius 3 is 2.69 bits per heavy atom. The van der Waals surface area contributed by atoms with E-state index in [1.165, 1.54) is 17.1 Å². The molecule has 4 bridgehead atoms. The average molecular weight is 770 g/mol. The zero-order chi connectivity index (χ0) is 37.3. The molecule has 52 heavy (non-hydrogen) atoms. The molecular formula is C37H55NO12S2. The van der Waals surface area contributed by atoms with Crippen molar-refractivity contribution >= 4 is 38.5 Å². The number of carbonyl (C=O) groups is 1. The maximum Gasteiger partial charge on any atom is 0.306 e. The van der Waals surface area contributed by atoms with E-state index < -0.39 is 72.2 Å². The number of rotatable bonds is 9. The molecule has 4 aliphatic rings. The number of furan rings is 1. The summed E-state index contributed by atoms with van der Waals surface area (Å²) in [6.45, 7) is 5.83. The van der Waals surface area contributed by atoms with E-state index in [0.717, 1.165) is 12.8 Å². The summed E-state index contributed by atoms with van der Waals surface area (Å²) in [6.07, 6.45) is -0.322. The summed E-state index contributed by atoms with van der Waals surface area (Å²) in [7, 11) is 2.98. The highest BCUT2D eigenvalue weighted by Gasteiger charge is 2.77. The average Bonchev–Trinajstić information content (AvgIpc) is 3.59. The van der Waals surface area contributed by atoms with Crippen molar-refractivity contribution in [3.63, 3.8) is 0 Å². The summed E-state index contributed by atoms with van der Waals surface area (Å²) in [5, 5.41) is 74.8. The normalized spacial score (nSPS) is 36.8. The topological polar surface area (TPSA) is 201 Å². The van der Waals surface area contributed by atoms with Crippen molar-refractivity contribution in [3.8, 4) is 11.5 Å². The van der Waals surface area contributed by atoms with Crippen LogP contribution in [0.15, 0.2) is 22.8 Å². The number of fused-ring (bicyclic) bond motifs is 11. The molecule has 1 aromatic heterocycles. The predicted molar refractivity (Wildman–Crippen MR) is 196 cm³/mol. The Kier molecular flexibility index (Phi) is 12.7. The van der Waals surface area contributed by atoms with Crippen LogP contribution < -0.4 is 14.8 Å². The van der Waals surface area contributed by atoms with Gasteiger partial charge in [0.25, 0.3) is 0 Å². The molecule has 6 rings (SSSR count). The van der Waals surface area contributed by atoms with Gasteiger partial charge in [0.05, 0.1) is 25.6 Å². The van der Waals surface area contributed by atoms with Gasteiger partial charge >= 0.3 is 5.97 Å². The van der Waals surface area contributed by atoms with E-state index in [4.69, 9.17) is 23.4 Å². The molecule has 3 heterocycles. The molecule has 0 radical (unpaired) electrons. The molecule has 2 aliphatic heterocycles. The van der Waals surface area contributed by atoms with Gasteiger partial charge < -0.3 is 59.3 Å². The third-order valence-electron chi connectivity index (χ3n) is 11.6. The van der Waals surface area contributed by atoms with E-state index >= 15 is 0 Å². The smallest absolute Gasteiger partial charge is 0.306 e. The number of aliphatic hydroxyl groups is 6. The number of hydrogen-bond acceptors (Lipinski definition) is 15. The summed E-state index contributed by atoms with van der Waals surface area (Å²) >= 11 is 0. The van der Waals surface area contributed by atoms with Gasteiger partial charge in [0.2, 0.25) is 12.0 Å². The lowest BCUT2D eigenvalue weighted by Gasteiger charge is -2.67.